The summed E-state index contributed by atoms with van der Waals surface area (Å²) in [5.74, 6) is 1.46. The van der Waals surface area contributed by atoms with Crippen LogP contribution in [0.1, 0.15) is 22.9 Å². The standard InChI is InChI=1S/C51H32N4OS/c1-3-13-31(14-4-1)49-52-50(32-15-5-2-6-16-32)54-51(53-49)33-25-27-40-45(29-33)56-44-24-12-19-37(47(40)44)38-20-11-21-39-41-30-34(26-28-46(41)57-48(38)39)55-42-22-9-7-17-35(42)36-18-8-10-23-43(36)55/h1-30,49H,(H,52,53,54). The predicted molar refractivity (Wildman–Crippen MR) is 238 cm³/mol. The van der Waals surface area contributed by atoms with Gasteiger partial charge in [-0.15, -0.1) is 11.3 Å². The van der Waals surface area contributed by atoms with Gasteiger partial charge in [-0.25, -0.2) is 9.98 Å². The lowest BCUT2D eigenvalue weighted by molar-refractivity contribution is 0.667. The van der Waals surface area contributed by atoms with Crippen molar-refractivity contribution < 1.29 is 4.42 Å². The molecule has 1 N–H and O–H groups in total. The Balaban J connectivity index is 0.987. The molecule has 268 valence electrons. The largest absolute Gasteiger partial charge is 0.456 e. The number of benzene rings is 8. The third kappa shape index (κ3) is 5.08. The summed E-state index contributed by atoms with van der Waals surface area (Å²) in [6.07, 6.45) is -0.272. The summed E-state index contributed by atoms with van der Waals surface area (Å²) in [5, 5.41) is 10.8. The van der Waals surface area contributed by atoms with Crippen LogP contribution in [0.15, 0.2) is 196 Å². The summed E-state index contributed by atoms with van der Waals surface area (Å²) in [4.78, 5) is 10.2. The van der Waals surface area contributed by atoms with Crippen molar-refractivity contribution in [2.75, 3.05) is 0 Å². The van der Waals surface area contributed by atoms with Gasteiger partial charge in [-0.05, 0) is 59.7 Å². The highest BCUT2D eigenvalue weighted by Crippen LogP contribution is 2.45. The highest BCUT2D eigenvalue weighted by molar-refractivity contribution is 7.26. The molecule has 4 heterocycles. The molecule has 0 aliphatic carbocycles. The topological polar surface area (TPSA) is 54.8 Å². The molecule has 3 aromatic heterocycles. The molecule has 0 spiro atoms. The smallest absolute Gasteiger partial charge is 0.159 e. The first-order valence-corrected chi connectivity index (χ1v) is 20.0. The van der Waals surface area contributed by atoms with E-state index in [9.17, 15) is 0 Å². The number of nitrogens with one attached hydrogen (secondary N) is 1. The van der Waals surface area contributed by atoms with E-state index >= 15 is 0 Å². The number of furan rings is 1. The normalized spacial score (nSPS) is 14.5. The van der Waals surface area contributed by atoms with Crippen LogP contribution in [0.25, 0.3) is 80.7 Å². The number of para-hydroxylation sites is 2. The van der Waals surface area contributed by atoms with Gasteiger partial charge in [0.15, 0.2) is 5.84 Å². The Morgan fingerprint density at radius 1 is 0.526 bits per heavy atom. The minimum atomic E-state index is -0.272. The second kappa shape index (κ2) is 12.6. The van der Waals surface area contributed by atoms with Crippen LogP contribution < -0.4 is 5.32 Å². The van der Waals surface area contributed by atoms with E-state index in [0.717, 1.165) is 55.7 Å². The summed E-state index contributed by atoms with van der Waals surface area (Å²) < 4.78 is 11.6. The molecular formula is C51H32N4OS. The number of hydrogen-bond acceptors (Lipinski definition) is 5. The molecule has 0 saturated heterocycles. The van der Waals surface area contributed by atoms with Gasteiger partial charge in [0.2, 0.25) is 0 Å². The fraction of sp³-hybridized carbons (Fsp3) is 0.0196. The zero-order valence-electron chi connectivity index (χ0n) is 30.6. The molecule has 12 rings (SSSR count). The minimum Gasteiger partial charge on any atom is -0.456 e. The summed E-state index contributed by atoms with van der Waals surface area (Å²) in [5.41, 5.74) is 10.6. The number of amidine groups is 2. The maximum absolute atomic E-state index is 6.65. The Morgan fingerprint density at radius 2 is 1.23 bits per heavy atom. The molecule has 0 bridgehead atoms. The van der Waals surface area contributed by atoms with E-state index < -0.39 is 0 Å². The van der Waals surface area contributed by atoms with Crippen LogP contribution in [0, 0.1) is 0 Å². The molecule has 1 aliphatic heterocycles. The third-order valence-corrected chi connectivity index (χ3v) is 12.5. The van der Waals surface area contributed by atoms with Crippen molar-refractivity contribution in [1.82, 2.24) is 9.88 Å². The van der Waals surface area contributed by atoms with Gasteiger partial charge in [0.25, 0.3) is 0 Å². The van der Waals surface area contributed by atoms with Crippen molar-refractivity contribution in [3.8, 4) is 16.8 Å². The van der Waals surface area contributed by atoms with Crippen LogP contribution in [-0.4, -0.2) is 16.2 Å². The molecule has 1 atom stereocenters. The van der Waals surface area contributed by atoms with Crippen molar-refractivity contribution in [1.29, 1.82) is 0 Å². The summed E-state index contributed by atoms with van der Waals surface area (Å²) >= 11 is 1.85. The van der Waals surface area contributed by atoms with Gasteiger partial charge in [-0.3, -0.25) is 0 Å². The zero-order valence-corrected chi connectivity index (χ0v) is 31.4. The Hall–Kier alpha value is -7.28. The van der Waals surface area contributed by atoms with Gasteiger partial charge in [-0.1, -0.05) is 133 Å². The van der Waals surface area contributed by atoms with E-state index in [1.54, 1.807) is 0 Å². The number of aromatic nitrogens is 1. The van der Waals surface area contributed by atoms with Gasteiger partial charge >= 0.3 is 0 Å². The Morgan fingerprint density at radius 3 is 2.04 bits per heavy atom. The number of hydrogen-bond donors (Lipinski definition) is 1. The van der Waals surface area contributed by atoms with E-state index in [4.69, 9.17) is 14.4 Å². The molecule has 0 radical (unpaired) electrons. The minimum absolute atomic E-state index is 0.272. The van der Waals surface area contributed by atoms with Gasteiger partial charge in [0.05, 0.1) is 11.0 Å². The molecule has 6 heteroatoms. The highest BCUT2D eigenvalue weighted by Gasteiger charge is 2.23. The van der Waals surface area contributed by atoms with Crippen LogP contribution in [0.2, 0.25) is 0 Å². The zero-order chi connectivity index (χ0) is 37.5. The first-order valence-electron chi connectivity index (χ1n) is 19.2. The molecular weight excluding hydrogens is 717 g/mol. The number of rotatable bonds is 5. The number of fused-ring (bicyclic) bond motifs is 9. The first kappa shape index (κ1) is 32.0. The monoisotopic (exact) mass is 748 g/mol. The molecule has 0 saturated carbocycles. The number of nitrogens with zero attached hydrogens (tertiary/aromatic N) is 3. The molecule has 8 aromatic carbocycles. The highest BCUT2D eigenvalue weighted by atomic mass is 32.1. The summed E-state index contributed by atoms with van der Waals surface area (Å²) in [7, 11) is 0. The molecule has 0 fully saturated rings. The van der Waals surface area contributed by atoms with Crippen LogP contribution in [-0.2, 0) is 0 Å². The van der Waals surface area contributed by atoms with E-state index in [-0.39, 0.29) is 6.17 Å². The summed E-state index contributed by atoms with van der Waals surface area (Å²) in [6.45, 7) is 0. The van der Waals surface area contributed by atoms with Crippen LogP contribution in [0.5, 0.6) is 0 Å². The van der Waals surface area contributed by atoms with E-state index in [2.05, 4.69) is 155 Å². The molecule has 5 nitrogen and oxygen atoms in total. The lowest BCUT2D eigenvalue weighted by Crippen LogP contribution is -2.33. The lowest BCUT2D eigenvalue weighted by atomic mass is 9.97. The molecule has 57 heavy (non-hydrogen) atoms. The Labute approximate surface area is 331 Å². The van der Waals surface area contributed by atoms with E-state index in [1.807, 2.05) is 47.7 Å². The molecule has 1 unspecified atom stereocenters. The van der Waals surface area contributed by atoms with E-state index in [1.165, 1.54) is 47.5 Å². The Bertz CT molecular complexity index is 3390. The van der Waals surface area contributed by atoms with Gasteiger partial charge in [0.1, 0.15) is 23.2 Å². The molecule has 0 amide bonds. The summed E-state index contributed by atoms with van der Waals surface area (Å²) in [6, 6.07) is 64.3. The first-order chi connectivity index (χ1) is 28.2. The van der Waals surface area contributed by atoms with Crippen molar-refractivity contribution >= 4 is 86.9 Å². The van der Waals surface area contributed by atoms with Gasteiger partial charge in [-0.2, -0.15) is 0 Å². The maximum Gasteiger partial charge on any atom is 0.159 e. The van der Waals surface area contributed by atoms with Gasteiger partial charge < -0.3 is 14.3 Å². The quantitative estimate of drug-likeness (QED) is 0.191. The maximum atomic E-state index is 6.65. The van der Waals surface area contributed by atoms with Crippen molar-refractivity contribution in [3.05, 3.63) is 199 Å². The molecule has 1 aliphatic rings. The SMILES string of the molecule is c1ccc(C2=NC(c3ccc4c(c3)oc3cccc(-c5cccc6c5sc5ccc(-n7c8ccccc8c8ccccc87)cc56)c34)=NC(c3ccccc3)N2)cc1. The second-order valence-corrected chi connectivity index (χ2v) is 15.6. The van der Waals surface area contributed by atoms with Gasteiger partial charge in [0, 0.05) is 64.1 Å². The van der Waals surface area contributed by atoms with Crippen LogP contribution >= 0.6 is 11.3 Å². The predicted octanol–water partition coefficient (Wildman–Crippen LogP) is 13.2. The van der Waals surface area contributed by atoms with E-state index in [0.29, 0.717) is 5.84 Å². The number of aliphatic imine (C=N–C) groups is 2. The number of thiophene rings is 1. The average molecular weight is 749 g/mol. The van der Waals surface area contributed by atoms with Crippen LogP contribution in [0.4, 0.5) is 0 Å². The van der Waals surface area contributed by atoms with Crippen molar-refractivity contribution in [3.63, 3.8) is 0 Å². The lowest BCUT2D eigenvalue weighted by Gasteiger charge is -2.23. The Kier molecular flexibility index (Phi) is 7.09. The fourth-order valence-electron chi connectivity index (χ4n) is 8.65. The average Bonchev–Trinajstić information content (AvgIpc) is 3.96. The molecule has 11 aromatic rings. The van der Waals surface area contributed by atoms with Crippen LogP contribution in [0.3, 0.4) is 0 Å². The van der Waals surface area contributed by atoms with Crippen molar-refractivity contribution in [2.24, 2.45) is 9.98 Å². The second-order valence-electron chi connectivity index (χ2n) is 14.6. The fourth-order valence-corrected chi connectivity index (χ4v) is 9.87. The van der Waals surface area contributed by atoms with Crippen molar-refractivity contribution in [2.45, 2.75) is 6.17 Å². The third-order valence-electron chi connectivity index (χ3n) is 11.3.